The fraction of sp³-hybridized carbons (Fsp3) is 0.368. The number of carbonyl (C=O) groups is 1. The lowest BCUT2D eigenvalue weighted by Crippen LogP contribution is -2.45. The summed E-state index contributed by atoms with van der Waals surface area (Å²) in [6.07, 6.45) is 2.14. The number of halogens is 1. The fourth-order valence-corrected chi connectivity index (χ4v) is 4.52. The first-order valence-electron chi connectivity index (χ1n) is 8.83. The zero-order chi connectivity index (χ0) is 18.1. The first-order valence-corrected chi connectivity index (χ1v) is 10.0. The van der Waals surface area contributed by atoms with Crippen molar-refractivity contribution in [3.05, 3.63) is 51.5 Å². The summed E-state index contributed by atoms with van der Waals surface area (Å²) in [5.41, 5.74) is 2.08. The molecule has 1 fully saturated rings. The summed E-state index contributed by atoms with van der Waals surface area (Å²) in [6, 6.07) is 9.96. The Morgan fingerprint density at radius 1 is 1.42 bits per heavy atom. The maximum atomic E-state index is 12.6. The van der Waals surface area contributed by atoms with E-state index in [1.165, 1.54) is 11.3 Å². The standard InChI is InChI=1S/C19H21ClN4OS/c1-12-16-9-17(18(25)22-15-3-2-8-21-10-15)26-19(16)24(23-12)11-13-4-6-14(20)7-5-13/h4-7,9,15,21H,2-3,8,10-11H2,1H3,(H,22,25). The highest BCUT2D eigenvalue weighted by Crippen LogP contribution is 2.29. The van der Waals surface area contributed by atoms with Crippen LogP contribution in [0.15, 0.2) is 30.3 Å². The number of aromatic nitrogens is 2. The van der Waals surface area contributed by atoms with Crippen molar-refractivity contribution < 1.29 is 4.79 Å². The molecule has 0 bridgehead atoms. The largest absolute Gasteiger partial charge is 0.347 e. The molecule has 1 aromatic carbocycles. The van der Waals surface area contributed by atoms with Crippen molar-refractivity contribution in [2.45, 2.75) is 32.4 Å². The third-order valence-corrected chi connectivity index (χ3v) is 6.11. The minimum Gasteiger partial charge on any atom is -0.347 e. The summed E-state index contributed by atoms with van der Waals surface area (Å²) in [5.74, 6) is 0.0114. The van der Waals surface area contributed by atoms with Gasteiger partial charge in [-0.2, -0.15) is 5.10 Å². The number of piperidine rings is 1. The Hall–Kier alpha value is -1.89. The van der Waals surface area contributed by atoms with E-state index < -0.39 is 0 Å². The van der Waals surface area contributed by atoms with Crippen molar-refractivity contribution in [2.75, 3.05) is 13.1 Å². The molecule has 1 aliphatic heterocycles. The van der Waals surface area contributed by atoms with Crippen LogP contribution in [0.25, 0.3) is 10.2 Å². The van der Waals surface area contributed by atoms with Gasteiger partial charge in [0.1, 0.15) is 4.83 Å². The molecule has 4 rings (SSSR count). The highest BCUT2D eigenvalue weighted by Gasteiger charge is 2.20. The van der Waals surface area contributed by atoms with E-state index in [0.29, 0.717) is 6.54 Å². The second-order valence-corrected chi connectivity index (χ2v) is 8.18. The number of benzene rings is 1. The number of aryl methyl sites for hydroxylation is 1. The minimum atomic E-state index is 0.0114. The second-order valence-electron chi connectivity index (χ2n) is 6.72. The summed E-state index contributed by atoms with van der Waals surface area (Å²) in [6.45, 7) is 4.53. The maximum absolute atomic E-state index is 12.6. The Morgan fingerprint density at radius 3 is 2.96 bits per heavy atom. The molecule has 3 aromatic rings. The van der Waals surface area contributed by atoms with Crippen LogP contribution >= 0.6 is 22.9 Å². The van der Waals surface area contributed by atoms with Crippen molar-refractivity contribution in [3.8, 4) is 0 Å². The molecule has 0 radical (unpaired) electrons. The number of amides is 1. The average molecular weight is 389 g/mol. The molecule has 3 heterocycles. The number of hydrogen-bond donors (Lipinski definition) is 2. The van der Waals surface area contributed by atoms with Crippen LogP contribution in [-0.4, -0.2) is 34.8 Å². The molecule has 0 spiro atoms. The molecule has 2 aromatic heterocycles. The molecular formula is C19H21ClN4OS. The SMILES string of the molecule is Cc1nn(Cc2ccc(Cl)cc2)c2sc(C(=O)NC3CCCNC3)cc12. The predicted octanol–water partition coefficient (Wildman–Crippen LogP) is 3.59. The van der Waals surface area contributed by atoms with Crippen LogP contribution < -0.4 is 10.6 Å². The summed E-state index contributed by atoms with van der Waals surface area (Å²) in [7, 11) is 0. The van der Waals surface area contributed by atoms with Gasteiger partial charge in [-0.1, -0.05) is 23.7 Å². The third-order valence-electron chi connectivity index (χ3n) is 4.71. The minimum absolute atomic E-state index is 0.0114. The molecule has 0 saturated carbocycles. The lowest BCUT2D eigenvalue weighted by Gasteiger charge is -2.23. The Bertz CT molecular complexity index is 925. The van der Waals surface area contributed by atoms with E-state index in [1.807, 2.05) is 41.9 Å². The smallest absolute Gasteiger partial charge is 0.261 e. The number of nitrogens with one attached hydrogen (secondary N) is 2. The predicted molar refractivity (Wildman–Crippen MR) is 106 cm³/mol. The molecule has 1 saturated heterocycles. The molecule has 1 atom stereocenters. The molecule has 5 nitrogen and oxygen atoms in total. The van der Waals surface area contributed by atoms with Gasteiger partial charge in [0, 0.05) is 23.0 Å². The number of nitrogens with zero attached hydrogens (tertiary/aromatic N) is 2. The highest BCUT2D eigenvalue weighted by atomic mass is 35.5. The summed E-state index contributed by atoms with van der Waals surface area (Å²) in [5, 5.41) is 12.9. The molecule has 1 aliphatic rings. The normalized spacial score (nSPS) is 17.5. The van der Waals surface area contributed by atoms with Gasteiger partial charge in [0.15, 0.2) is 0 Å². The molecule has 136 valence electrons. The van der Waals surface area contributed by atoms with Gasteiger partial charge in [0.25, 0.3) is 5.91 Å². The third kappa shape index (κ3) is 3.63. The Morgan fingerprint density at radius 2 is 2.23 bits per heavy atom. The van der Waals surface area contributed by atoms with E-state index in [0.717, 1.165) is 57.3 Å². The summed E-state index contributed by atoms with van der Waals surface area (Å²) in [4.78, 5) is 14.4. The lowest BCUT2D eigenvalue weighted by atomic mass is 10.1. The maximum Gasteiger partial charge on any atom is 0.261 e. The molecule has 26 heavy (non-hydrogen) atoms. The molecular weight excluding hydrogens is 368 g/mol. The van der Waals surface area contributed by atoms with Crippen molar-refractivity contribution in [2.24, 2.45) is 0 Å². The van der Waals surface area contributed by atoms with E-state index in [4.69, 9.17) is 11.6 Å². The zero-order valence-corrected chi connectivity index (χ0v) is 16.2. The quantitative estimate of drug-likeness (QED) is 0.718. The second kappa shape index (κ2) is 7.39. The van der Waals surface area contributed by atoms with Gasteiger partial charge >= 0.3 is 0 Å². The Balaban J connectivity index is 1.56. The van der Waals surface area contributed by atoms with Crippen LogP contribution in [0.1, 0.15) is 33.8 Å². The Kier molecular flexibility index (Phi) is 4.98. The molecule has 1 amide bonds. The Labute approximate surface area is 161 Å². The van der Waals surface area contributed by atoms with Crippen LogP contribution in [0.3, 0.4) is 0 Å². The molecule has 1 unspecified atom stereocenters. The van der Waals surface area contributed by atoms with Gasteiger partial charge in [0.2, 0.25) is 0 Å². The number of carbonyl (C=O) groups excluding carboxylic acids is 1. The van der Waals surface area contributed by atoms with E-state index >= 15 is 0 Å². The van der Waals surface area contributed by atoms with Crippen molar-refractivity contribution in [1.29, 1.82) is 0 Å². The van der Waals surface area contributed by atoms with E-state index in [1.54, 1.807) is 0 Å². The number of rotatable bonds is 4. The van der Waals surface area contributed by atoms with Crippen LogP contribution in [-0.2, 0) is 6.54 Å². The van der Waals surface area contributed by atoms with Crippen molar-refractivity contribution >= 4 is 39.1 Å². The van der Waals surface area contributed by atoms with Gasteiger partial charge in [-0.25, -0.2) is 0 Å². The van der Waals surface area contributed by atoms with Crippen LogP contribution in [0.4, 0.5) is 0 Å². The van der Waals surface area contributed by atoms with Crippen LogP contribution in [0.2, 0.25) is 5.02 Å². The number of hydrogen-bond acceptors (Lipinski definition) is 4. The monoisotopic (exact) mass is 388 g/mol. The highest BCUT2D eigenvalue weighted by molar-refractivity contribution is 7.20. The van der Waals surface area contributed by atoms with Crippen molar-refractivity contribution in [1.82, 2.24) is 20.4 Å². The van der Waals surface area contributed by atoms with Gasteiger partial charge in [0.05, 0.1) is 17.1 Å². The van der Waals surface area contributed by atoms with Crippen LogP contribution in [0, 0.1) is 6.92 Å². The van der Waals surface area contributed by atoms with Gasteiger partial charge in [-0.15, -0.1) is 11.3 Å². The van der Waals surface area contributed by atoms with Gasteiger partial charge < -0.3 is 10.6 Å². The first kappa shape index (κ1) is 17.5. The summed E-state index contributed by atoms with van der Waals surface area (Å²) < 4.78 is 1.97. The van der Waals surface area contributed by atoms with Gasteiger partial charge in [-0.05, 0) is 50.1 Å². The summed E-state index contributed by atoms with van der Waals surface area (Å²) >= 11 is 7.47. The van der Waals surface area contributed by atoms with E-state index in [2.05, 4.69) is 15.7 Å². The van der Waals surface area contributed by atoms with E-state index in [-0.39, 0.29) is 11.9 Å². The lowest BCUT2D eigenvalue weighted by molar-refractivity contribution is 0.0935. The topological polar surface area (TPSA) is 59.0 Å². The number of fused-ring (bicyclic) bond motifs is 1. The molecule has 0 aliphatic carbocycles. The molecule has 2 N–H and O–H groups in total. The fourth-order valence-electron chi connectivity index (χ4n) is 3.33. The molecule has 7 heteroatoms. The average Bonchev–Trinajstić information content (AvgIpc) is 3.20. The van der Waals surface area contributed by atoms with Crippen molar-refractivity contribution in [3.63, 3.8) is 0 Å². The van der Waals surface area contributed by atoms with E-state index in [9.17, 15) is 4.79 Å². The zero-order valence-electron chi connectivity index (χ0n) is 14.6. The van der Waals surface area contributed by atoms with Gasteiger partial charge in [-0.3, -0.25) is 9.48 Å². The van der Waals surface area contributed by atoms with Crippen LogP contribution in [0.5, 0.6) is 0 Å². The first-order chi connectivity index (χ1) is 12.6. The number of thiophene rings is 1.